The summed E-state index contributed by atoms with van der Waals surface area (Å²) in [7, 11) is 0. The van der Waals surface area contributed by atoms with Crippen LogP contribution in [0.25, 0.3) is 0 Å². The molecule has 0 atom stereocenters. The smallest absolute Gasteiger partial charge is 0.387 e. The maximum Gasteiger partial charge on any atom is 0.387 e. The van der Waals surface area contributed by atoms with Gasteiger partial charge in [0.25, 0.3) is 5.91 Å². The number of hydrogen-bond donors (Lipinski definition) is 2. The first-order valence-electron chi connectivity index (χ1n) is 10.2. The number of carbonyl (C=O) groups is 2. The molecule has 0 saturated carbocycles. The van der Waals surface area contributed by atoms with Crippen molar-refractivity contribution in [1.82, 2.24) is 15.5 Å². The molecule has 1 aromatic rings. The zero-order valence-electron chi connectivity index (χ0n) is 17.6. The Morgan fingerprint density at radius 1 is 1.27 bits per heavy atom. The van der Waals surface area contributed by atoms with Crippen LogP contribution in [-0.4, -0.2) is 55.0 Å². The summed E-state index contributed by atoms with van der Waals surface area (Å²) in [6.07, 6.45) is 2.51. The average Bonchev–Trinajstić information content (AvgIpc) is 2.68. The second-order valence-electron chi connectivity index (χ2n) is 8.24. The van der Waals surface area contributed by atoms with Gasteiger partial charge in [0.2, 0.25) is 5.91 Å². The number of benzene rings is 1. The molecule has 1 heterocycles. The van der Waals surface area contributed by atoms with Gasteiger partial charge in [0, 0.05) is 17.6 Å². The highest BCUT2D eigenvalue weighted by molar-refractivity contribution is 5.94. The summed E-state index contributed by atoms with van der Waals surface area (Å²) in [6.45, 7) is 5.12. The van der Waals surface area contributed by atoms with Gasteiger partial charge in [-0.15, -0.1) is 0 Å². The lowest BCUT2D eigenvalue weighted by Gasteiger charge is -2.33. The van der Waals surface area contributed by atoms with Gasteiger partial charge in [0.15, 0.2) is 11.6 Å². The van der Waals surface area contributed by atoms with Crippen molar-refractivity contribution in [3.05, 3.63) is 29.6 Å². The van der Waals surface area contributed by atoms with E-state index in [1.54, 1.807) is 0 Å². The Kier molecular flexibility index (Phi) is 8.52. The van der Waals surface area contributed by atoms with Crippen LogP contribution in [0.3, 0.4) is 0 Å². The average molecular weight is 429 g/mol. The van der Waals surface area contributed by atoms with E-state index in [2.05, 4.69) is 20.3 Å². The largest absolute Gasteiger partial charge is 0.432 e. The maximum absolute atomic E-state index is 13.5. The predicted molar refractivity (Wildman–Crippen MR) is 107 cm³/mol. The summed E-state index contributed by atoms with van der Waals surface area (Å²) < 4.78 is 42.2. The van der Waals surface area contributed by atoms with Gasteiger partial charge in [-0.25, -0.2) is 4.39 Å². The van der Waals surface area contributed by atoms with Crippen LogP contribution in [0.2, 0.25) is 0 Å². The van der Waals surface area contributed by atoms with Crippen LogP contribution in [0, 0.1) is 11.7 Å². The molecule has 1 aliphatic heterocycles. The minimum Gasteiger partial charge on any atom is -0.432 e. The fourth-order valence-corrected chi connectivity index (χ4v) is 3.23. The lowest BCUT2D eigenvalue weighted by atomic mass is 9.96. The molecule has 1 saturated heterocycles. The molecule has 0 bridgehead atoms. The fraction of sp³-hybridized carbons (Fsp3) is 0.619. The second kappa shape index (κ2) is 10.7. The maximum atomic E-state index is 13.5. The third-order valence-corrected chi connectivity index (χ3v) is 5.40. The minimum absolute atomic E-state index is 0.00623. The lowest BCUT2D eigenvalue weighted by Crippen LogP contribution is -2.49. The van der Waals surface area contributed by atoms with Gasteiger partial charge in [0.1, 0.15) is 0 Å². The number of ether oxygens (including phenoxy) is 1. The van der Waals surface area contributed by atoms with Crippen molar-refractivity contribution in [2.75, 3.05) is 26.2 Å². The zero-order valence-corrected chi connectivity index (χ0v) is 17.6. The van der Waals surface area contributed by atoms with Crippen molar-refractivity contribution < 1.29 is 27.5 Å². The van der Waals surface area contributed by atoms with Crippen LogP contribution < -0.4 is 15.4 Å². The fourth-order valence-electron chi connectivity index (χ4n) is 3.23. The monoisotopic (exact) mass is 429 g/mol. The van der Waals surface area contributed by atoms with E-state index in [0.29, 0.717) is 13.1 Å². The third-order valence-electron chi connectivity index (χ3n) is 5.40. The SMILES string of the molecule is CCC(C)(C)NC(=O)CN1CCC(CNC(=O)c2ccc(F)c(OC(F)F)c2)CC1. The Balaban J connectivity index is 1.77. The minimum atomic E-state index is -3.17. The molecule has 0 radical (unpaired) electrons. The quantitative estimate of drug-likeness (QED) is 0.633. The third kappa shape index (κ3) is 7.51. The summed E-state index contributed by atoms with van der Waals surface area (Å²) >= 11 is 0. The number of hydrogen-bond acceptors (Lipinski definition) is 4. The van der Waals surface area contributed by atoms with Crippen LogP contribution in [0.4, 0.5) is 13.2 Å². The Hall–Kier alpha value is -2.29. The first kappa shape index (κ1) is 24.0. The molecule has 1 fully saturated rings. The van der Waals surface area contributed by atoms with E-state index in [0.717, 1.165) is 44.5 Å². The Bertz CT molecular complexity index is 735. The number of halogens is 3. The van der Waals surface area contributed by atoms with Crippen LogP contribution in [0.15, 0.2) is 18.2 Å². The Morgan fingerprint density at radius 3 is 2.53 bits per heavy atom. The topological polar surface area (TPSA) is 70.7 Å². The number of alkyl halides is 2. The summed E-state index contributed by atoms with van der Waals surface area (Å²) in [5.74, 6) is -1.83. The number of rotatable bonds is 9. The van der Waals surface area contributed by atoms with Crippen molar-refractivity contribution in [1.29, 1.82) is 0 Å². The number of nitrogens with zero attached hydrogens (tertiary/aromatic N) is 1. The molecule has 1 aromatic carbocycles. The number of likely N-dealkylation sites (tertiary alicyclic amines) is 1. The van der Waals surface area contributed by atoms with Gasteiger partial charge in [-0.1, -0.05) is 6.92 Å². The number of piperidine rings is 1. The lowest BCUT2D eigenvalue weighted by molar-refractivity contribution is -0.124. The molecule has 0 aliphatic carbocycles. The normalized spacial score (nSPS) is 15.8. The van der Waals surface area contributed by atoms with Crippen LogP contribution in [0.1, 0.15) is 50.4 Å². The highest BCUT2D eigenvalue weighted by Crippen LogP contribution is 2.21. The van der Waals surface area contributed by atoms with Gasteiger partial charge in [-0.3, -0.25) is 14.5 Å². The molecule has 6 nitrogen and oxygen atoms in total. The molecular formula is C21H30F3N3O3. The number of carbonyl (C=O) groups excluding carboxylic acids is 2. The molecule has 1 aliphatic rings. The summed E-state index contributed by atoms with van der Waals surface area (Å²) in [4.78, 5) is 26.5. The van der Waals surface area contributed by atoms with Crippen LogP contribution >= 0.6 is 0 Å². The molecule has 2 N–H and O–H groups in total. The second-order valence-corrected chi connectivity index (χ2v) is 8.24. The molecule has 9 heteroatoms. The van der Waals surface area contributed by atoms with E-state index in [-0.39, 0.29) is 22.9 Å². The highest BCUT2D eigenvalue weighted by Gasteiger charge is 2.24. The predicted octanol–water partition coefficient (Wildman–Crippen LogP) is 3.17. The van der Waals surface area contributed by atoms with Crippen LogP contribution in [0.5, 0.6) is 5.75 Å². The summed E-state index contributed by atoms with van der Waals surface area (Å²) in [5.41, 5.74) is -0.167. The molecule has 168 valence electrons. The Labute approximate surface area is 175 Å². The van der Waals surface area contributed by atoms with Gasteiger partial charge in [0.05, 0.1) is 6.54 Å². The van der Waals surface area contributed by atoms with E-state index >= 15 is 0 Å². The first-order valence-corrected chi connectivity index (χ1v) is 10.2. The van der Waals surface area contributed by atoms with Gasteiger partial charge >= 0.3 is 6.61 Å². The standard InChI is InChI=1S/C21H30F3N3O3/c1-4-21(2,3)26-18(28)13-27-9-7-14(8-10-27)12-25-19(29)15-5-6-16(22)17(11-15)30-20(23)24/h5-6,11,14,20H,4,7-10,12-13H2,1-3H3,(H,25,29)(H,26,28). The van der Waals surface area contributed by atoms with Gasteiger partial charge in [-0.05, 0) is 70.3 Å². The summed E-state index contributed by atoms with van der Waals surface area (Å²) in [6, 6.07) is 3.12. The van der Waals surface area contributed by atoms with E-state index in [1.807, 2.05) is 20.8 Å². The van der Waals surface area contributed by atoms with Crippen molar-refractivity contribution in [2.45, 2.75) is 52.2 Å². The number of nitrogens with one attached hydrogen (secondary N) is 2. The highest BCUT2D eigenvalue weighted by atomic mass is 19.3. The van der Waals surface area contributed by atoms with Gasteiger partial charge < -0.3 is 15.4 Å². The van der Waals surface area contributed by atoms with E-state index in [4.69, 9.17) is 0 Å². The molecule has 2 rings (SSSR count). The van der Waals surface area contributed by atoms with E-state index in [9.17, 15) is 22.8 Å². The van der Waals surface area contributed by atoms with E-state index in [1.165, 1.54) is 6.07 Å². The zero-order chi connectivity index (χ0) is 22.3. The molecule has 30 heavy (non-hydrogen) atoms. The van der Waals surface area contributed by atoms with Crippen LogP contribution in [-0.2, 0) is 4.79 Å². The molecular weight excluding hydrogens is 399 g/mol. The van der Waals surface area contributed by atoms with Crippen molar-refractivity contribution >= 4 is 11.8 Å². The molecule has 0 spiro atoms. The summed E-state index contributed by atoms with van der Waals surface area (Å²) in [5, 5.41) is 5.78. The molecule has 2 amide bonds. The van der Waals surface area contributed by atoms with Crippen molar-refractivity contribution in [3.63, 3.8) is 0 Å². The van der Waals surface area contributed by atoms with Crippen molar-refractivity contribution in [3.8, 4) is 5.75 Å². The first-order chi connectivity index (χ1) is 14.1. The van der Waals surface area contributed by atoms with E-state index < -0.39 is 24.1 Å². The molecule has 0 aromatic heterocycles. The number of amides is 2. The van der Waals surface area contributed by atoms with Gasteiger partial charge in [-0.2, -0.15) is 8.78 Å². The van der Waals surface area contributed by atoms with Crippen molar-refractivity contribution in [2.24, 2.45) is 5.92 Å². The molecule has 0 unspecified atom stereocenters. The Morgan fingerprint density at radius 2 is 1.93 bits per heavy atom.